The number of imidazole rings is 1. The lowest BCUT2D eigenvalue weighted by atomic mass is 10.1. The van der Waals surface area contributed by atoms with Crippen LogP contribution in [0.5, 0.6) is 5.75 Å². The van der Waals surface area contributed by atoms with Crippen molar-refractivity contribution in [2.75, 3.05) is 6.61 Å². The van der Waals surface area contributed by atoms with Gasteiger partial charge < -0.3 is 14.4 Å². The molecule has 1 N–H and O–H groups in total. The lowest BCUT2D eigenvalue weighted by Crippen LogP contribution is -2.09. The van der Waals surface area contributed by atoms with Gasteiger partial charge in [-0.3, -0.25) is 0 Å². The van der Waals surface area contributed by atoms with E-state index in [9.17, 15) is 5.11 Å². The summed E-state index contributed by atoms with van der Waals surface area (Å²) in [6.45, 7) is 3.39. The minimum atomic E-state index is -0.325. The molecule has 0 saturated heterocycles. The van der Waals surface area contributed by atoms with Crippen LogP contribution in [-0.2, 0) is 13.0 Å². The first-order valence-corrected chi connectivity index (χ1v) is 6.66. The second kappa shape index (κ2) is 5.05. The van der Waals surface area contributed by atoms with Gasteiger partial charge in [0.05, 0.1) is 12.6 Å². The number of aliphatic hydroxyl groups is 1. The van der Waals surface area contributed by atoms with E-state index in [1.807, 2.05) is 31.3 Å². The molecule has 1 atom stereocenters. The molecule has 100 valence electrons. The van der Waals surface area contributed by atoms with Crippen molar-refractivity contribution in [3.63, 3.8) is 0 Å². The smallest absolute Gasteiger partial charge is 0.122 e. The average Bonchev–Trinajstić information content (AvgIpc) is 2.98. The Kier molecular flexibility index (Phi) is 3.25. The largest absolute Gasteiger partial charge is 0.491 e. The molecule has 4 nitrogen and oxygen atoms in total. The maximum Gasteiger partial charge on any atom is 0.122 e. The van der Waals surface area contributed by atoms with Crippen LogP contribution in [0.15, 0.2) is 30.6 Å². The summed E-state index contributed by atoms with van der Waals surface area (Å²) in [6, 6.07) is 5.92. The van der Waals surface area contributed by atoms with Crippen molar-refractivity contribution in [3.8, 4) is 5.75 Å². The summed E-state index contributed by atoms with van der Waals surface area (Å²) in [5, 5.41) is 9.85. The van der Waals surface area contributed by atoms with Crippen LogP contribution < -0.4 is 4.74 Å². The molecule has 1 unspecified atom stereocenters. The van der Waals surface area contributed by atoms with Crippen molar-refractivity contribution >= 4 is 0 Å². The van der Waals surface area contributed by atoms with Gasteiger partial charge in [-0.1, -0.05) is 12.1 Å². The molecule has 2 aromatic rings. The number of aromatic nitrogens is 2. The Morgan fingerprint density at radius 1 is 1.47 bits per heavy atom. The van der Waals surface area contributed by atoms with Crippen molar-refractivity contribution in [2.24, 2.45) is 0 Å². The van der Waals surface area contributed by atoms with E-state index in [2.05, 4.69) is 9.55 Å². The Labute approximate surface area is 112 Å². The molecule has 4 heteroatoms. The summed E-state index contributed by atoms with van der Waals surface area (Å²) in [6.07, 6.45) is 5.13. The van der Waals surface area contributed by atoms with Crippen molar-refractivity contribution in [1.29, 1.82) is 0 Å². The number of aryl methyl sites for hydroxylation is 1. The molecule has 1 heterocycles. The third kappa shape index (κ3) is 2.36. The molecule has 1 aliphatic rings. The third-order valence-electron chi connectivity index (χ3n) is 3.71. The molecule has 1 aromatic carbocycles. The SMILES string of the molecule is Cc1nccn1CCOc1cccc2c1CCC2O. The van der Waals surface area contributed by atoms with Crippen LogP contribution >= 0.6 is 0 Å². The Balaban J connectivity index is 1.67. The molecule has 1 aliphatic carbocycles. The van der Waals surface area contributed by atoms with E-state index >= 15 is 0 Å². The van der Waals surface area contributed by atoms with E-state index in [0.29, 0.717) is 6.61 Å². The summed E-state index contributed by atoms with van der Waals surface area (Å²) in [4.78, 5) is 4.18. The lowest BCUT2D eigenvalue weighted by molar-refractivity contribution is 0.180. The zero-order valence-corrected chi connectivity index (χ0v) is 11.0. The molecular formula is C15H18N2O2. The first kappa shape index (κ1) is 12.2. The average molecular weight is 258 g/mol. The zero-order valence-electron chi connectivity index (χ0n) is 11.0. The summed E-state index contributed by atoms with van der Waals surface area (Å²) in [5.41, 5.74) is 2.19. The van der Waals surface area contributed by atoms with Crippen LogP contribution in [0.2, 0.25) is 0 Å². The lowest BCUT2D eigenvalue weighted by Gasteiger charge is -2.12. The van der Waals surface area contributed by atoms with Gasteiger partial charge in [-0.15, -0.1) is 0 Å². The van der Waals surface area contributed by atoms with Crippen LogP contribution in [0.4, 0.5) is 0 Å². The fourth-order valence-corrected chi connectivity index (χ4v) is 2.63. The topological polar surface area (TPSA) is 47.3 Å². The summed E-state index contributed by atoms with van der Waals surface area (Å²) < 4.78 is 7.93. The number of hydrogen-bond donors (Lipinski definition) is 1. The van der Waals surface area contributed by atoms with E-state index in [1.54, 1.807) is 6.20 Å². The monoisotopic (exact) mass is 258 g/mol. The number of benzene rings is 1. The minimum absolute atomic E-state index is 0.325. The molecule has 0 amide bonds. The Hall–Kier alpha value is -1.81. The minimum Gasteiger partial charge on any atom is -0.491 e. The van der Waals surface area contributed by atoms with Crippen molar-refractivity contribution in [1.82, 2.24) is 9.55 Å². The maximum atomic E-state index is 9.85. The fraction of sp³-hybridized carbons (Fsp3) is 0.400. The van der Waals surface area contributed by atoms with Crippen LogP contribution in [0.1, 0.15) is 29.5 Å². The second-order valence-corrected chi connectivity index (χ2v) is 4.89. The zero-order chi connectivity index (χ0) is 13.2. The molecule has 0 bridgehead atoms. The fourth-order valence-electron chi connectivity index (χ4n) is 2.63. The van der Waals surface area contributed by atoms with Gasteiger partial charge >= 0.3 is 0 Å². The summed E-state index contributed by atoms with van der Waals surface area (Å²) in [7, 11) is 0. The predicted molar refractivity (Wildman–Crippen MR) is 72.2 cm³/mol. The van der Waals surface area contributed by atoms with Crippen LogP contribution in [-0.4, -0.2) is 21.3 Å². The standard InChI is InChI=1S/C15H18N2O2/c1-11-16-7-8-17(11)9-10-19-15-4-2-3-12-13(15)5-6-14(12)18/h2-4,7-8,14,18H,5-6,9-10H2,1H3. The Bertz CT molecular complexity index is 577. The molecule has 19 heavy (non-hydrogen) atoms. The number of ether oxygens (including phenoxy) is 1. The number of hydrogen-bond acceptors (Lipinski definition) is 3. The molecule has 0 fully saturated rings. The van der Waals surface area contributed by atoms with Gasteiger partial charge in [0.1, 0.15) is 18.2 Å². The molecular weight excluding hydrogens is 240 g/mol. The van der Waals surface area contributed by atoms with Crippen LogP contribution in [0.3, 0.4) is 0 Å². The highest BCUT2D eigenvalue weighted by Crippen LogP contribution is 2.36. The normalized spacial score (nSPS) is 17.5. The van der Waals surface area contributed by atoms with Crippen LogP contribution in [0, 0.1) is 6.92 Å². The number of aliphatic hydroxyl groups excluding tert-OH is 1. The quantitative estimate of drug-likeness (QED) is 0.915. The third-order valence-corrected chi connectivity index (χ3v) is 3.71. The van der Waals surface area contributed by atoms with Crippen LogP contribution in [0.25, 0.3) is 0 Å². The molecule has 1 aromatic heterocycles. The molecule has 0 spiro atoms. The number of fused-ring (bicyclic) bond motifs is 1. The second-order valence-electron chi connectivity index (χ2n) is 4.89. The Morgan fingerprint density at radius 2 is 2.37 bits per heavy atom. The first-order valence-electron chi connectivity index (χ1n) is 6.66. The molecule has 0 radical (unpaired) electrons. The summed E-state index contributed by atoms with van der Waals surface area (Å²) >= 11 is 0. The van der Waals surface area contributed by atoms with Crippen molar-refractivity contribution < 1.29 is 9.84 Å². The summed E-state index contributed by atoms with van der Waals surface area (Å²) in [5.74, 6) is 1.91. The van der Waals surface area contributed by atoms with E-state index < -0.39 is 0 Å². The van der Waals surface area contributed by atoms with E-state index in [1.165, 1.54) is 0 Å². The van der Waals surface area contributed by atoms with E-state index in [4.69, 9.17) is 4.74 Å². The molecule has 0 saturated carbocycles. The van der Waals surface area contributed by atoms with Gasteiger partial charge in [0.15, 0.2) is 0 Å². The van der Waals surface area contributed by atoms with E-state index in [0.717, 1.165) is 42.1 Å². The van der Waals surface area contributed by atoms with Gasteiger partial charge in [0.25, 0.3) is 0 Å². The number of rotatable bonds is 4. The highest BCUT2D eigenvalue weighted by atomic mass is 16.5. The van der Waals surface area contributed by atoms with Gasteiger partial charge in [0.2, 0.25) is 0 Å². The van der Waals surface area contributed by atoms with Gasteiger partial charge in [-0.2, -0.15) is 0 Å². The van der Waals surface area contributed by atoms with Gasteiger partial charge in [0, 0.05) is 18.0 Å². The van der Waals surface area contributed by atoms with E-state index in [-0.39, 0.29) is 6.10 Å². The molecule has 3 rings (SSSR count). The Morgan fingerprint density at radius 3 is 3.16 bits per heavy atom. The van der Waals surface area contributed by atoms with Gasteiger partial charge in [-0.25, -0.2) is 4.98 Å². The highest BCUT2D eigenvalue weighted by molar-refractivity contribution is 5.44. The predicted octanol–water partition coefficient (Wildman–Crippen LogP) is 2.25. The number of nitrogens with zero attached hydrogens (tertiary/aromatic N) is 2. The molecule has 0 aliphatic heterocycles. The van der Waals surface area contributed by atoms with Gasteiger partial charge in [-0.05, 0) is 31.4 Å². The van der Waals surface area contributed by atoms with Crippen molar-refractivity contribution in [3.05, 3.63) is 47.5 Å². The highest BCUT2D eigenvalue weighted by Gasteiger charge is 2.22. The first-order chi connectivity index (χ1) is 9.25. The van der Waals surface area contributed by atoms with Crippen molar-refractivity contribution in [2.45, 2.75) is 32.4 Å². The maximum absolute atomic E-state index is 9.85.